The molecule has 3 aromatic carbocycles. The van der Waals surface area contributed by atoms with Gasteiger partial charge in [-0.25, -0.2) is 0 Å². The fourth-order valence-electron chi connectivity index (χ4n) is 2.72. The summed E-state index contributed by atoms with van der Waals surface area (Å²) in [5.41, 5.74) is 3.96. The second kappa shape index (κ2) is 26.9. The van der Waals surface area contributed by atoms with Crippen molar-refractivity contribution in [1.29, 1.82) is 0 Å². The number of aryl methyl sites for hydroxylation is 3. The summed E-state index contributed by atoms with van der Waals surface area (Å²) in [6.45, 7) is 16.3. The topological polar surface area (TPSA) is 27.7 Å². The maximum atomic E-state index is 5.20. The Hall–Kier alpha value is -3.20. The van der Waals surface area contributed by atoms with Crippen molar-refractivity contribution in [3.05, 3.63) is 102 Å². The quantitative estimate of drug-likeness (QED) is 0.275. The highest BCUT2D eigenvalue weighted by molar-refractivity contribution is 5.40. The zero-order valence-corrected chi connectivity index (χ0v) is 25.7. The molecule has 0 atom stereocenters. The predicted molar refractivity (Wildman–Crippen MR) is 168 cm³/mol. The van der Waals surface area contributed by atoms with Crippen molar-refractivity contribution in [2.45, 2.75) is 80.1 Å². The first-order valence-corrected chi connectivity index (χ1v) is 13.9. The molecular formula is C35H54O3. The summed E-state index contributed by atoms with van der Waals surface area (Å²) in [4.78, 5) is 0. The van der Waals surface area contributed by atoms with Crippen molar-refractivity contribution >= 4 is 0 Å². The van der Waals surface area contributed by atoms with Crippen LogP contribution in [0.25, 0.3) is 0 Å². The van der Waals surface area contributed by atoms with Crippen LogP contribution in [0.1, 0.15) is 77.5 Å². The normalized spacial score (nSPS) is 8.87. The van der Waals surface area contributed by atoms with Gasteiger partial charge in [-0.3, -0.25) is 0 Å². The third-order valence-corrected chi connectivity index (χ3v) is 5.48. The molecule has 0 radical (unpaired) electrons. The highest BCUT2D eigenvalue weighted by atomic mass is 16.5. The molecule has 0 aliphatic rings. The number of rotatable bonds is 8. The molecule has 0 heterocycles. The van der Waals surface area contributed by atoms with Crippen molar-refractivity contribution < 1.29 is 14.2 Å². The zero-order chi connectivity index (χ0) is 29.0. The van der Waals surface area contributed by atoms with Gasteiger partial charge >= 0.3 is 0 Å². The molecule has 38 heavy (non-hydrogen) atoms. The van der Waals surface area contributed by atoms with Crippen LogP contribution in [0.2, 0.25) is 0 Å². The lowest BCUT2D eigenvalue weighted by molar-refractivity contribution is 0.391. The Bertz CT molecular complexity index is 877. The second-order valence-electron chi connectivity index (χ2n) is 8.27. The third kappa shape index (κ3) is 19.0. The average molecular weight is 523 g/mol. The van der Waals surface area contributed by atoms with Crippen molar-refractivity contribution in [3.8, 4) is 17.2 Å². The van der Waals surface area contributed by atoms with Crippen molar-refractivity contribution in [1.82, 2.24) is 0 Å². The molecule has 0 saturated heterocycles. The van der Waals surface area contributed by atoms with E-state index in [2.05, 4.69) is 84.5 Å². The highest BCUT2D eigenvalue weighted by Gasteiger charge is 2.01. The minimum absolute atomic E-state index is 0.837. The first-order chi connectivity index (χ1) is 18.4. The molecule has 3 aromatic rings. The van der Waals surface area contributed by atoms with Crippen LogP contribution >= 0.6 is 0 Å². The summed E-state index contributed by atoms with van der Waals surface area (Å²) in [5, 5.41) is 0. The van der Waals surface area contributed by atoms with Gasteiger partial charge in [0, 0.05) is 6.07 Å². The smallest absolute Gasteiger partial charge is 0.125 e. The molecule has 0 aromatic heterocycles. The van der Waals surface area contributed by atoms with E-state index in [1.54, 1.807) is 21.3 Å². The minimum atomic E-state index is 0.837. The van der Waals surface area contributed by atoms with E-state index in [-0.39, 0.29) is 0 Å². The van der Waals surface area contributed by atoms with E-state index in [0.29, 0.717) is 0 Å². The minimum Gasteiger partial charge on any atom is -0.497 e. The van der Waals surface area contributed by atoms with Crippen LogP contribution in [0.5, 0.6) is 17.2 Å². The van der Waals surface area contributed by atoms with Crippen LogP contribution < -0.4 is 14.2 Å². The predicted octanol–water partition coefficient (Wildman–Crippen LogP) is 10.2. The lowest BCUT2D eigenvalue weighted by Gasteiger charge is -2.07. The number of hydrogen-bond donors (Lipinski definition) is 0. The summed E-state index contributed by atoms with van der Waals surface area (Å²) in [5.74, 6) is 2.66. The van der Waals surface area contributed by atoms with Crippen molar-refractivity contribution in [2.24, 2.45) is 0 Å². The molecular weight excluding hydrogens is 468 g/mol. The summed E-state index contributed by atoms with van der Waals surface area (Å²) < 4.78 is 15.3. The standard InChI is InChI=1S/C10H14O2.C9H12O.C8H10.C4H10.C4H8/c1-4-8-5-6-9(11-2)7-10(8)12-3;1-3-8-4-6-9(10-2)7-5-8;1-2-8-6-4-3-5-7-8;2*1-3-4-2/h5-7H,4H2,1-3H3;4-7H,3H2,1-2H3;3-7H,2H2,1H3;3-4H2,1-2H3;3H,1,4H2,2H3. The molecule has 0 spiro atoms. The third-order valence-electron chi connectivity index (χ3n) is 5.48. The van der Waals surface area contributed by atoms with Crippen LogP contribution in [0.15, 0.2) is 85.5 Å². The molecule has 0 saturated carbocycles. The van der Waals surface area contributed by atoms with Crippen LogP contribution in [0.3, 0.4) is 0 Å². The number of methoxy groups -OCH3 is 3. The van der Waals surface area contributed by atoms with Crippen LogP contribution in [0, 0.1) is 0 Å². The van der Waals surface area contributed by atoms with Gasteiger partial charge < -0.3 is 14.2 Å². The largest absolute Gasteiger partial charge is 0.497 e. The number of benzene rings is 3. The Morgan fingerprint density at radius 2 is 1.05 bits per heavy atom. The Labute approximate surface area is 234 Å². The van der Waals surface area contributed by atoms with Gasteiger partial charge in [0.25, 0.3) is 0 Å². The number of hydrogen-bond acceptors (Lipinski definition) is 3. The lowest BCUT2D eigenvalue weighted by atomic mass is 10.1. The van der Waals surface area contributed by atoms with Gasteiger partial charge in [-0.1, -0.05) is 109 Å². The van der Waals surface area contributed by atoms with Gasteiger partial charge in [-0.05, 0) is 60.6 Å². The van der Waals surface area contributed by atoms with E-state index in [4.69, 9.17) is 14.2 Å². The van der Waals surface area contributed by atoms with Crippen LogP contribution in [0.4, 0.5) is 0 Å². The maximum absolute atomic E-state index is 5.20. The molecule has 0 aliphatic carbocycles. The van der Waals surface area contributed by atoms with Gasteiger partial charge in [0.15, 0.2) is 0 Å². The Morgan fingerprint density at radius 3 is 1.39 bits per heavy atom. The molecule has 3 heteroatoms. The van der Waals surface area contributed by atoms with E-state index in [0.717, 1.165) is 42.9 Å². The summed E-state index contributed by atoms with van der Waals surface area (Å²) >= 11 is 0. The molecule has 0 N–H and O–H groups in total. The van der Waals surface area contributed by atoms with Gasteiger partial charge in [0.1, 0.15) is 17.2 Å². The molecule has 3 rings (SSSR count). The number of allylic oxidation sites excluding steroid dienone is 1. The maximum Gasteiger partial charge on any atom is 0.125 e. The monoisotopic (exact) mass is 522 g/mol. The highest BCUT2D eigenvalue weighted by Crippen LogP contribution is 2.24. The fraction of sp³-hybridized carbons (Fsp3) is 0.429. The van der Waals surface area contributed by atoms with E-state index < -0.39 is 0 Å². The van der Waals surface area contributed by atoms with Gasteiger partial charge in [0.05, 0.1) is 21.3 Å². The van der Waals surface area contributed by atoms with Crippen molar-refractivity contribution in [3.63, 3.8) is 0 Å². The Balaban J connectivity index is 0. The molecule has 3 nitrogen and oxygen atoms in total. The first kappa shape index (κ1) is 37.0. The summed E-state index contributed by atoms with van der Waals surface area (Å²) in [7, 11) is 5.01. The Morgan fingerprint density at radius 1 is 0.579 bits per heavy atom. The van der Waals surface area contributed by atoms with E-state index >= 15 is 0 Å². The molecule has 0 fully saturated rings. The number of unbranched alkanes of at least 4 members (excludes halogenated alkanes) is 1. The average Bonchev–Trinajstić information content (AvgIpc) is 3.01. The second-order valence-corrected chi connectivity index (χ2v) is 8.27. The Kier molecular flexibility index (Phi) is 26.1. The molecule has 0 amide bonds. The van der Waals surface area contributed by atoms with Gasteiger partial charge in [0.2, 0.25) is 0 Å². The number of ether oxygens (including phenoxy) is 3. The van der Waals surface area contributed by atoms with Crippen LogP contribution in [-0.2, 0) is 19.3 Å². The van der Waals surface area contributed by atoms with E-state index in [1.807, 2.05) is 42.5 Å². The van der Waals surface area contributed by atoms with E-state index in [9.17, 15) is 0 Å². The fourth-order valence-corrected chi connectivity index (χ4v) is 2.72. The van der Waals surface area contributed by atoms with Gasteiger partial charge in [-0.15, -0.1) is 6.58 Å². The van der Waals surface area contributed by atoms with E-state index in [1.165, 1.54) is 29.5 Å². The summed E-state index contributed by atoms with van der Waals surface area (Å²) in [6.07, 6.45) is 8.80. The van der Waals surface area contributed by atoms with Crippen molar-refractivity contribution in [2.75, 3.05) is 21.3 Å². The lowest BCUT2D eigenvalue weighted by Crippen LogP contribution is -1.91. The molecule has 212 valence electrons. The molecule has 0 bridgehead atoms. The SMILES string of the molecule is C=CCC.CCCC.CCc1ccc(OC)cc1.CCc1ccc(OC)cc1OC.CCc1ccccc1. The zero-order valence-electron chi connectivity index (χ0n) is 25.7. The molecule has 0 unspecified atom stereocenters. The molecule has 0 aliphatic heterocycles. The van der Waals surface area contributed by atoms with Gasteiger partial charge in [-0.2, -0.15) is 0 Å². The summed E-state index contributed by atoms with van der Waals surface area (Å²) in [6, 6.07) is 24.5. The first-order valence-electron chi connectivity index (χ1n) is 13.9. The van der Waals surface area contributed by atoms with Crippen LogP contribution in [-0.4, -0.2) is 21.3 Å².